The predicted molar refractivity (Wildman–Crippen MR) is 95.9 cm³/mol. The standard InChI is InChI=1S/C17H14F3N5OS/c18-17(19,20)11-7-4-8-12(9-11)22-14(26)13(10-5-2-1-3-6-10)27-16-23-15(21)24-25-16/h1-9,13H,(H,22,26)(H3,21,23,24,25). The predicted octanol–water partition coefficient (Wildman–Crippen LogP) is 3.88. The molecule has 4 N–H and O–H groups in total. The Morgan fingerprint density at radius 3 is 2.52 bits per heavy atom. The van der Waals surface area contributed by atoms with Crippen molar-refractivity contribution >= 4 is 29.3 Å². The van der Waals surface area contributed by atoms with Crippen molar-refractivity contribution in [1.82, 2.24) is 15.2 Å². The zero-order valence-electron chi connectivity index (χ0n) is 13.7. The maximum atomic E-state index is 12.9. The molecule has 0 aliphatic carbocycles. The molecule has 140 valence electrons. The van der Waals surface area contributed by atoms with E-state index in [1.54, 1.807) is 30.3 Å². The molecule has 0 saturated heterocycles. The zero-order chi connectivity index (χ0) is 19.4. The molecule has 6 nitrogen and oxygen atoms in total. The number of nitrogens with one attached hydrogen (secondary N) is 2. The number of hydrogen-bond acceptors (Lipinski definition) is 5. The van der Waals surface area contributed by atoms with Gasteiger partial charge in [-0.2, -0.15) is 18.2 Å². The highest BCUT2D eigenvalue weighted by Crippen LogP contribution is 2.35. The number of H-pyrrole nitrogens is 1. The van der Waals surface area contributed by atoms with Crippen molar-refractivity contribution < 1.29 is 18.0 Å². The lowest BCUT2D eigenvalue weighted by atomic mass is 10.1. The van der Waals surface area contributed by atoms with E-state index in [-0.39, 0.29) is 16.8 Å². The summed E-state index contributed by atoms with van der Waals surface area (Å²) in [6.07, 6.45) is -4.50. The van der Waals surface area contributed by atoms with Crippen LogP contribution in [0.2, 0.25) is 0 Å². The average molecular weight is 393 g/mol. The molecule has 0 saturated carbocycles. The molecular formula is C17H14F3N5OS. The van der Waals surface area contributed by atoms with Crippen molar-refractivity contribution in [2.45, 2.75) is 16.6 Å². The molecule has 27 heavy (non-hydrogen) atoms. The third kappa shape index (κ3) is 4.79. The van der Waals surface area contributed by atoms with Gasteiger partial charge in [-0.05, 0) is 23.8 Å². The summed E-state index contributed by atoms with van der Waals surface area (Å²) >= 11 is 1.03. The highest BCUT2D eigenvalue weighted by molar-refractivity contribution is 8.00. The van der Waals surface area contributed by atoms with Crippen LogP contribution in [0.1, 0.15) is 16.4 Å². The fourth-order valence-electron chi connectivity index (χ4n) is 2.30. The first-order valence-electron chi connectivity index (χ1n) is 7.70. The number of nitrogen functional groups attached to an aromatic ring is 1. The number of amides is 1. The first kappa shape index (κ1) is 18.8. The van der Waals surface area contributed by atoms with Crippen LogP contribution in [0, 0.1) is 0 Å². The molecule has 2 aromatic carbocycles. The molecule has 1 atom stereocenters. The SMILES string of the molecule is Nc1nc(SC(C(=O)Nc2cccc(C(F)(F)F)c2)c2ccccc2)n[nH]1. The number of halogens is 3. The summed E-state index contributed by atoms with van der Waals surface area (Å²) in [5.41, 5.74) is 5.35. The maximum absolute atomic E-state index is 12.9. The highest BCUT2D eigenvalue weighted by Gasteiger charge is 2.31. The Kier molecular flexibility index (Phi) is 5.36. The Morgan fingerprint density at radius 1 is 1.15 bits per heavy atom. The fraction of sp³-hybridized carbons (Fsp3) is 0.118. The lowest BCUT2D eigenvalue weighted by Gasteiger charge is -2.16. The van der Waals surface area contributed by atoms with Gasteiger partial charge >= 0.3 is 6.18 Å². The van der Waals surface area contributed by atoms with E-state index in [1.165, 1.54) is 12.1 Å². The van der Waals surface area contributed by atoms with Crippen LogP contribution in [-0.4, -0.2) is 21.1 Å². The van der Waals surface area contributed by atoms with Crippen LogP contribution < -0.4 is 11.1 Å². The van der Waals surface area contributed by atoms with Gasteiger partial charge in [0.25, 0.3) is 0 Å². The van der Waals surface area contributed by atoms with Crippen molar-refractivity contribution in [2.24, 2.45) is 0 Å². The Hall–Kier alpha value is -3.01. The number of carbonyl (C=O) groups is 1. The molecule has 3 rings (SSSR count). The molecular weight excluding hydrogens is 379 g/mol. The van der Waals surface area contributed by atoms with Crippen molar-refractivity contribution in [3.05, 3.63) is 65.7 Å². The maximum Gasteiger partial charge on any atom is 0.416 e. The zero-order valence-corrected chi connectivity index (χ0v) is 14.5. The normalized spacial score (nSPS) is 12.6. The van der Waals surface area contributed by atoms with Gasteiger partial charge in [-0.3, -0.25) is 4.79 Å². The number of nitrogens with zero attached hydrogens (tertiary/aromatic N) is 2. The summed E-state index contributed by atoms with van der Waals surface area (Å²) in [4.78, 5) is 16.7. The minimum absolute atomic E-state index is 0.0471. The van der Waals surface area contributed by atoms with E-state index < -0.39 is 22.9 Å². The highest BCUT2D eigenvalue weighted by atomic mass is 32.2. The summed E-state index contributed by atoms with van der Waals surface area (Å²) < 4.78 is 38.6. The van der Waals surface area contributed by atoms with Gasteiger partial charge < -0.3 is 11.1 Å². The molecule has 3 aromatic rings. The second-order valence-electron chi connectivity index (χ2n) is 5.48. The lowest BCUT2D eigenvalue weighted by Crippen LogP contribution is -2.19. The number of alkyl halides is 3. The number of rotatable bonds is 5. The van der Waals surface area contributed by atoms with Gasteiger partial charge in [-0.1, -0.05) is 48.2 Å². The molecule has 0 aliphatic heterocycles. The Balaban J connectivity index is 1.85. The van der Waals surface area contributed by atoms with Crippen LogP contribution in [0.4, 0.5) is 24.8 Å². The largest absolute Gasteiger partial charge is 0.416 e. The third-order valence-corrected chi connectivity index (χ3v) is 4.62. The fourth-order valence-corrected chi connectivity index (χ4v) is 3.22. The van der Waals surface area contributed by atoms with E-state index in [4.69, 9.17) is 5.73 Å². The Labute approximate surface area is 156 Å². The van der Waals surface area contributed by atoms with Crippen LogP contribution in [0.3, 0.4) is 0 Å². The van der Waals surface area contributed by atoms with Crippen molar-refractivity contribution in [2.75, 3.05) is 11.1 Å². The number of carbonyl (C=O) groups excluding carboxylic acids is 1. The average Bonchev–Trinajstić information content (AvgIpc) is 3.05. The van der Waals surface area contributed by atoms with Gasteiger partial charge in [0.2, 0.25) is 17.0 Å². The number of anilines is 2. The van der Waals surface area contributed by atoms with Gasteiger partial charge in [0, 0.05) is 5.69 Å². The Morgan fingerprint density at radius 2 is 1.89 bits per heavy atom. The van der Waals surface area contributed by atoms with E-state index in [9.17, 15) is 18.0 Å². The third-order valence-electron chi connectivity index (χ3n) is 3.50. The van der Waals surface area contributed by atoms with Crippen LogP contribution >= 0.6 is 11.8 Å². The van der Waals surface area contributed by atoms with Gasteiger partial charge in [0.05, 0.1) is 5.56 Å². The van der Waals surface area contributed by atoms with E-state index >= 15 is 0 Å². The van der Waals surface area contributed by atoms with Crippen molar-refractivity contribution in [3.63, 3.8) is 0 Å². The topological polar surface area (TPSA) is 96.7 Å². The number of thioether (sulfide) groups is 1. The molecule has 0 radical (unpaired) electrons. The van der Waals surface area contributed by atoms with Gasteiger partial charge in [0.15, 0.2) is 0 Å². The van der Waals surface area contributed by atoms with Gasteiger partial charge in [-0.15, -0.1) is 5.10 Å². The number of aromatic nitrogens is 3. The minimum Gasteiger partial charge on any atom is -0.368 e. The molecule has 1 heterocycles. The van der Waals surface area contributed by atoms with Gasteiger partial charge in [-0.25, -0.2) is 5.10 Å². The van der Waals surface area contributed by atoms with Crippen molar-refractivity contribution in [1.29, 1.82) is 0 Å². The summed E-state index contributed by atoms with van der Waals surface area (Å²) in [5.74, 6) is -0.406. The molecule has 1 amide bonds. The first-order chi connectivity index (χ1) is 12.8. The van der Waals surface area contributed by atoms with Crippen LogP contribution in [0.25, 0.3) is 0 Å². The molecule has 0 aliphatic rings. The monoisotopic (exact) mass is 393 g/mol. The molecule has 0 bridgehead atoms. The molecule has 10 heteroatoms. The number of benzene rings is 2. The molecule has 0 fully saturated rings. The van der Waals surface area contributed by atoms with E-state index in [0.717, 1.165) is 23.9 Å². The number of hydrogen-bond donors (Lipinski definition) is 3. The smallest absolute Gasteiger partial charge is 0.368 e. The molecule has 1 unspecified atom stereocenters. The van der Waals surface area contributed by atoms with E-state index in [2.05, 4.69) is 20.5 Å². The second kappa shape index (κ2) is 7.70. The first-order valence-corrected chi connectivity index (χ1v) is 8.58. The van der Waals surface area contributed by atoms with Crippen LogP contribution in [-0.2, 0) is 11.0 Å². The van der Waals surface area contributed by atoms with E-state index in [1.807, 2.05) is 0 Å². The second-order valence-corrected chi connectivity index (χ2v) is 6.55. The number of nitrogens with two attached hydrogens (primary N) is 1. The summed E-state index contributed by atoms with van der Waals surface area (Å²) in [5, 5.41) is 8.36. The molecule has 0 spiro atoms. The number of aromatic amines is 1. The molecule has 1 aromatic heterocycles. The van der Waals surface area contributed by atoms with Gasteiger partial charge in [0.1, 0.15) is 5.25 Å². The van der Waals surface area contributed by atoms with E-state index in [0.29, 0.717) is 5.56 Å². The quantitative estimate of drug-likeness (QED) is 0.572. The summed E-state index contributed by atoms with van der Waals surface area (Å²) in [7, 11) is 0. The minimum atomic E-state index is -4.50. The van der Waals surface area contributed by atoms with Crippen LogP contribution in [0.15, 0.2) is 59.8 Å². The lowest BCUT2D eigenvalue weighted by molar-refractivity contribution is -0.137. The summed E-state index contributed by atoms with van der Waals surface area (Å²) in [6, 6.07) is 13.2. The van der Waals surface area contributed by atoms with Crippen molar-refractivity contribution in [3.8, 4) is 0 Å². The summed E-state index contributed by atoms with van der Waals surface area (Å²) in [6.45, 7) is 0. The van der Waals surface area contributed by atoms with Crippen LogP contribution in [0.5, 0.6) is 0 Å². The Bertz CT molecular complexity index is 930.